The molecule has 1 aliphatic carbocycles. The zero-order valence-corrected chi connectivity index (χ0v) is 15.0. The van der Waals surface area contributed by atoms with Crippen molar-refractivity contribution in [3.63, 3.8) is 0 Å². The summed E-state index contributed by atoms with van der Waals surface area (Å²) in [5, 5.41) is 3.64. The minimum Gasteiger partial charge on any atom is -0.343 e. The Balaban J connectivity index is 1.43. The topological polar surface area (TPSA) is 54.3 Å². The van der Waals surface area contributed by atoms with Crippen LogP contribution in [0.3, 0.4) is 0 Å². The van der Waals surface area contributed by atoms with Crippen LogP contribution in [0.25, 0.3) is 0 Å². The lowest BCUT2D eigenvalue weighted by atomic mass is 10.0. The third-order valence-corrected chi connectivity index (χ3v) is 6.16. The van der Waals surface area contributed by atoms with E-state index >= 15 is 0 Å². The average molecular weight is 337 g/mol. The van der Waals surface area contributed by atoms with E-state index < -0.39 is 0 Å². The van der Waals surface area contributed by atoms with Gasteiger partial charge in [0.25, 0.3) is 0 Å². The van der Waals surface area contributed by atoms with Crippen molar-refractivity contribution < 1.29 is 4.79 Å². The van der Waals surface area contributed by atoms with Crippen molar-refractivity contribution in [1.82, 2.24) is 14.8 Å². The monoisotopic (exact) mass is 337 g/mol. The Kier molecular flexibility index (Phi) is 5.21. The van der Waals surface area contributed by atoms with E-state index in [2.05, 4.69) is 5.32 Å². The molecule has 1 aliphatic heterocycles. The maximum absolute atomic E-state index is 12.4. The molecule has 2 fully saturated rings. The van der Waals surface area contributed by atoms with Crippen LogP contribution in [-0.2, 0) is 11.3 Å². The molecule has 0 aromatic carbocycles. The number of aromatic nitrogens is 1. The molecule has 128 valence electrons. The number of hydrogen-bond donors (Lipinski definition) is 1. The molecule has 2 aliphatic rings. The first-order valence-corrected chi connectivity index (χ1v) is 9.54. The predicted octanol–water partition coefficient (Wildman–Crippen LogP) is 1.91. The van der Waals surface area contributed by atoms with Crippen molar-refractivity contribution in [1.29, 1.82) is 0 Å². The summed E-state index contributed by atoms with van der Waals surface area (Å²) >= 11 is 1.27. The molecule has 1 amide bonds. The van der Waals surface area contributed by atoms with Gasteiger partial charge in [0.2, 0.25) is 5.91 Å². The largest absolute Gasteiger partial charge is 0.343 e. The first-order chi connectivity index (χ1) is 11.0. The summed E-state index contributed by atoms with van der Waals surface area (Å²) in [6, 6.07) is 0.573. The normalized spacial score (nSPS) is 19.3. The number of carbonyl (C=O) groups is 1. The number of hydrogen-bond acceptors (Lipinski definition) is 4. The molecule has 0 spiro atoms. The smallest absolute Gasteiger partial charge is 0.307 e. The number of thiazole rings is 1. The zero-order valence-electron chi connectivity index (χ0n) is 14.1. The fourth-order valence-corrected chi connectivity index (χ4v) is 4.06. The molecule has 23 heavy (non-hydrogen) atoms. The van der Waals surface area contributed by atoms with Crippen LogP contribution < -0.4 is 10.2 Å². The van der Waals surface area contributed by atoms with Gasteiger partial charge in [-0.1, -0.05) is 11.3 Å². The molecule has 1 saturated carbocycles. The van der Waals surface area contributed by atoms with Crippen LogP contribution >= 0.6 is 11.3 Å². The summed E-state index contributed by atoms with van der Waals surface area (Å²) in [6.45, 7) is 7.26. The van der Waals surface area contributed by atoms with Gasteiger partial charge < -0.3 is 14.8 Å². The quantitative estimate of drug-likeness (QED) is 0.863. The van der Waals surface area contributed by atoms with E-state index in [-0.39, 0.29) is 10.8 Å². The summed E-state index contributed by atoms with van der Waals surface area (Å²) in [7, 11) is 0. The molecule has 1 N–H and O–H groups in total. The van der Waals surface area contributed by atoms with Crippen LogP contribution in [0, 0.1) is 19.8 Å². The van der Waals surface area contributed by atoms with Gasteiger partial charge in [-0.2, -0.15) is 0 Å². The summed E-state index contributed by atoms with van der Waals surface area (Å²) in [4.78, 5) is 27.3. The van der Waals surface area contributed by atoms with Crippen LogP contribution in [0.1, 0.15) is 42.7 Å². The van der Waals surface area contributed by atoms with Gasteiger partial charge in [-0.3, -0.25) is 9.59 Å². The fraction of sp³-hybridized carbons (Fsp3) is 0.765. The van der Waals surface area contributed by atoms with Crippen molar-refractivity contribution in [2.24, 2.45) is 5.92 Å². The van der Waals surface area contributed by atoms with E-state index in [1.54, 1.807) is 4.57 Å². The Morgan fingerprint density at radius 1 is 1.22 bits per heavy atom. The Bertz CT molecular complexity index is 610. The number of amides is 1. The summed E-state index contributed by atoms with van der Waals surface area (Å²) in [5.41, 5.74) is 0.996. The van der Waals surface area contributed by atoms with Gasteiger partial charge in [0.15, 0.2) is 0 Å². The molecule has 1 aromatic rings. The van der Waals surface area contributed by atoms with Crippen molar-refractivity contribution >= 4 is 17.2 Å². The van der Waals surface area contributed by atoms with Crippen molar-refractivity contribution in [3.8, 4) is 0 Å². The molecular formula is C17H27N3O2S. The molecule has 6 heteroatoms. The highest BCUT2D eigenvalue weighted by molar-refractivity contribution is 7.09. The van der Waals surface area contributed by atoms with Gasteiger partial charge in [-0.05, 0) is 52.0 Å². The number of piperidine rings is 1. The maximum Gasteiger partial charge on any atom is 0.307 e. The molecular weight excluding hydrogens is 310 g/mol. The second-order valence-electron chi connectivity index (χ2n) is 6.92. The first kappa shape index (κ1) is 16.7. The molecule has 5 nitrogen and oxygen atoms in total. The van der Waals surface area contributed by atoms with Gasteiger partial charge >= 0.3 is 4.87 Å². The van der Waals surface area contributed by atoms with Crippen LogP contribution in [-0.4, -0.2) is 41.1 Å². The van der Waals surface area contributed by atoms with Crippen molar-refractivity contribution in [2.75, 3.05) is 19.6 Å². The van der Waals surface area contributed by atoms with Crippen LogP contribution in [0.5, 0.6) is 0 Å². The van der Waals surface area contributed by atoms with Crippen LogP contribution in [0.15, 0.2) is 4.79 Å². The van der Waals surface area contributed by atoms with Crippen LogP contribution in [0.4, 0.5) is 0 Å². The maximum atomic E-state index is 12.4. The van der Waals surface area contributed by atoms with E-state index in [0.717, 1.165) is 49.0 Å². The summed E-state index contributed by atoms with van der Waals surface area (Å²) < 4.78 is 1.74. The number of nitrogens with one attached hydrogen (secondary N) is 1. The number of nitrogens with zero attached hydrogens (tertiary/aromatic N) is 2. The molecule has 0 bridgehead atoms. The Morgan fingerprint density at radius 2 is 1.91 bits per heavy atom. The number of rotatable bonds is 6. The zero-order chi connectivity index (χ0) is 16.4. The predicted molar refractivity (Wildman–Crippen MR) is 93.0 cm³/mol. The molecule has 1 aromatic heterocycles. The second-order valence-corrected chi connectivity index (χ2v) is 8.08. The van der Waals surface area contributed by atoms with E-state index in [1.807, 2.05) is 18.7 Å². The SMILES string of the molecule is Cc1sc(=O)n(CCC(=O)N2CCC(NCC3CC3)CC2)c1C. The third-order valence-electron chi connectivity index (χ3n) is 5.16. The molecule has 1 saturated heterocycles. The Labute approximate surface area is 141 Å². The van der Waals surface area contributed by atoms with Gasteiger partial charge in [0, 0.05) is 42.7 Å². The van der Waals surface area contributed by atoms with E-state index in [0.29, 0.717) is 19.0 Å². The lowest BCUT2D eigenvalue weighted by Crippen LogP contribution is -2.45. The number of aryl methyl sites for hydroxylation is 1. The lowest BCUT2D eigenvalue weighted by Gasteiger charge is -2.32. The number of carbonyl (C=O) groups excluding carboxylic acids is 1. The minimum atomic E-state index is 0.0517. The van der Waals surface area contributed by atoms with Gasteiger partial charge in [-0.15, -0.1) is 0 Å². The molecule has 3 rings (SSSR count). The van der Waals surface area contributed by atoms with E-state index in [9.17, 15) is 9.59 Å². The first-order valence-electron chi connectivity index (χ1n) is 8.72. The average Bonchev–Trinajstić information content (AvgIpc) is 3.33. The summed E-state index contributed by atoms with van der Waals surface area (Å²) in [5.74, 6) is 1.09. The molecule has 0 unspecified atom stereocenters. The Hall–Kier alpha value is -1.14. The van der Waals surface area contributed by atoms with Gasteiger partial charge in [-0.25, -0.2) is 0 Å². The van der Waals surface area contributed by atoms with Gasteiger partial charge in [0.1, 0.15) is 0 Å². The van der Waals surface area contributed by atoms with Gasteiger partial charge in [0.05, 0.1) is 0 Å². The highest BCUT2D eigenvalue weighted by Gasteiger charge is 2.25. The van der Waals surface area contributed by atoms with Crippen molar-refractivity contribution in [2.45, 2.75) is 58.5 Å². The minimum absolute atomic E-state index is 0.0517. The molecule has 0 radical (unpaired) electrons. The molecule has 2 heterocycles. The van der Waals surface area contributed by atoms with Crippen molar-refractivity contribution in [3.05, 3.63) is 20.2 Å². The molecule has 0 atom stereocenters. The lowest BCUT2D eigenvalue weighted by molar-refractivity contribution is -0.132. The summed E-state index contributed by atoms with van der Waals surface area (Å²) in [6.07, 6.45) is 5.29. The van der Waals surface area contributed by atoms with E-state index in [4.69, 9.17) is 0 Å². The van der Waals surface area contributed by atoms with E-state index in [1.165, 1.54) is 24.2 Å². The Morgan fingerprint density at radius 3 is 2.48 bits per heavy atom. The fourth-order valence-electron chi connectivity index (χ4n) is 3.20. The standard InChI is InChI=1S/C17H27N3O2S/c1-12-13(2)23-17(22)20(12)10-7-16(21)19-8-5-15(6-9-19)18-11-14-3-4-14/h14-15,18H,3-11H2,1-2H3. The van der Waals surface area contributed by atoms with Crippen LogP contribution in [0.2, 0.25) is 0 Å². The third kappa shape index (κ3) is 4.23. The second kappa shape index (κ2) is 7.18. The number of likely N-dealkylation sites (tertiary alicyclic amines) is 1. The highest BCUT2D eigenvalue weighted by Crippen LogP contribution is 2.28. The highest BCUT2D eigenvalue weighted by atomic mass is 32.1.